The minimum Gasteiger partial charge on any atom is -0.339 e. The molecule has 0 aliphatic carbocycles. The molecule has 1 aliphatic rings. The Bertz CT molecular complexity index is 522. The maximum atomic E-state index is 12.5. The monoisotopic (exact) mass is 311 g/mol. The maximum Gasteiger partial charge on any atom is 0.416 e. The van der Waals surface area contributed by atoms with Crippen LogP contribution in [-0.4, -0.2) is 23.9 Å². The lowest BCUT2D eigenvalue weighted by Gasteiger charge is -2.32. The summed E-state index contributed by atoms with van der Waals surface area (Å²) in [5.41, 5.74) is 0.289. The summed E-state index contributed by atoms with van der Waals surface area (Å²) >= 11 is 0. The number of nitrogens with zero attached hydrogens (tertiary/aromatic N) is 1. The molecule has 1 fully saturated rings. The van der Waals surface area contributed by atoms with E-state index in [1.165, 1.54) is 18.2 Å². The highest BCUT2D eigenvalue weighted by Crippen LogP contribution is 2.29. The lowest BCUT2D eigenvalue weighted by molar-refractivity contribution is -0.137. The Morgan fingerprint density at radius 2 is 2.00 bits per heavy atom. The van der Waals surface area contributed by atoms with E-state index in [-0.39, 0.29) is 5.91 Å². The molecule has 120 valence electrons. The average Bonchev–Trinajstić information content (AvgIpc) is 2.52. The molecule has 1 aliphatic heterocycles. The van der Waals surface area contributed by atoms with Crippen LogP contribution in [0.15, 0.2) is 36.9 Å². The van der Waals surface area contributed by atoms with Crippen molar-refractivity contribution in [1.82, 2.24) is 4.90 Å². The lowest BCUT2D eigenvalue weighted by atomic mass is 9.91. The summed E-state index contributed by atoms with van der Waals surface area (Å²) in [4.78, 5) is 13.4. The van der Waals surface area contributed by atoms with Gasteiger partial charge in [-0.3, -0.25) is 4.79 Å². The number of amides is 1. The van der Waals surface area contributed by atoms with Crippen molar-refractivity contribution in [1.29, 1.82) is 0 Å². The Morgan fingerprint density at radius 1 is 1.32 bits per heavy atom. The van der Waals surface area contributed by atoms with Crippen molar-refractivity contribution in [2.75, 3.05) is 13.1 Å². The molecular formula is C17H20F3NO. The molecule has 0 aromatic heterocycles. The van der Waals surface area contributed by atoms with Gasteiger partial charge in [-0.15, -0.1) is 0 Å². The van der Waals surface area contributed by atoms with Crippen LogP contribution in [0.2, 0.25) is 0 Å². The van der Waals surface area contributed by atoms with Crippen molar-refractivity contribution in [3.63, 3.8) is 0 Å². The molecule has 5 heteroatoms. The van der Waals surface area contributed by atoms with Crippen LogP contribution >= 0.6 is 0 Å². The van der Waals surface area contributed by atoms with Crippen LogP contribution in [0, 0.1) is 5.92 Å². The minimum absolute atomic E-state index is 0.0424. The number of carbonyl (C=O) groups is 1. The van der Waals surface area contributed by atoms with E-state index in [0.717, 1.165) is 49.9 Å². The van der Waals surface area contributed by atoms with E-state index in [1.807, 2.05) is 0 Å². The summed E-state index contributed by atoms with van der Waals surface area (Å²) in [6.45, 7) is 4.98. The highest BCUT2D eigenvalue weighted by atomic mass is 19.4. The second kappa shape index (κ2) is 6.99. The molecule has 1 atom stereocenters. The number of carbonyl (C=O) groups excluding carboxylic acids is 1. The normalized spacial score (nSPS) is 19.0. The van der Waals surface area contributed by atoms with Crippen LogP contribution in [0.25, 0.3) is 0 Å². The molecule has 0 unspecified atom stereocenters. The summed E-state index contributed by atoms with van der Waals surface area (Å²) in [5.74, 6) is 0.360. The molecule has 0 N–H and O–H groups in total. The first kappa shape index (κ1) is 16.6. The largest absolute Gasteiger partial charge is 0.416 e. The summed E-state index contributed by atoms with van der Waals surface area (Å²) in [6, 6.07) is 5.34. The third kappa shape index (κ3) is 4.36. The Hall–Kier alpha value is -1.78. The molecule has 2 nitrogen and oxygen atoms in total. The molecule has 1 heterocycles. The first-order chi connectivity index (χ1) is 10.4. The van der Waals surface area contributed by atoms with E-state index in [1.54, 1.807) is 4.90 Å². The van der Waals surface area contributed by atoms with Gasteiger partial charge in [-0.25, -0.2) is 0 Å². The van der Waals surface area contributed by atoms with Gasteiger partial charge in [0.1, 0.15) is 0 Å². The second-order valence-electron chi connectivity index (χ2n) is 5.73. The summed E-state index contributed by atoms with van der Waals surface area (Å²) in [5, 5.41) is 0. The molecule has 1 aromatic carbocycles. The first-order valence-electron chi connectivity index (χ1n) is 7.47. The van der Waals surface area contributed by atoms with Gasteiger partial charge in [-0.1, -0.05) is 18.7 Å². The van der Waals surface area contributed by atoms with Crippen LogP contribution in [0.5, 0.6) is 0 Å². The molecule has 2 rings (SSSR count). The molecule has 0 bridgehead atoms. The van der Waals surface area contributed by atoms with Crippen LogP contribution in [-0.2, 0) is 17.4 Å². The zero-order chi connectivity index (χ0) is 16.2. The molecular weight excluding hydrogens is 291 g/mol. The molecule has 1 saturated heterocycles. The zero-order valence-corrected chi connectivity index (χ0v) is 12.4. The molecule has 1 aromatic rings. The van der Waals surface area contributed by atoms with E-state index >= 15 is 0 Å². The Kier molecular flexibility index (Phi) is 5.27. The van der Waals surface area contributed by atoms with Crippen molar-refractivity contribution in [3.8, 4) is 0 Å². The van der Waals surface area contributed by atoms with Crippen molar-refractivity contribution >= 4 is 5.91 Å². The van der Waals surface area contributed by atoms with Gasteiger partial charge in [-0.05, 0) is 55.4 Å². The quantitative estimate of drug-likeness (QED) is 0.768. The summed E-state index contributed by atoms with van der Waals surface area (Å²) in [7, 11) is 0. The zero-order valence-electron chi connectivity index (χ0n) is 12.4. The predicted molar refractivity (Wildman–Crippen MR) is 79.3 cm³/mol. The van der Waals surface area contributed by atoms with E-state index < -0.39 is 11.7 Å². The van der Waals surface area contributed by atoms with Crippen LogP contribution in [0.4, 0.5) is 13.2 Å². The fourth-order valence-corrected chi connectivity index (χ4v) is 2.86. The number of rotatable bonds is 4. The number of hydrogen-bond donors (Lipinski definition) is 0. The number of piperidine rings is 1. The van der Waals surface area contributed by atoms with E-state index in [0.29, 0.717) is 12.5 Å². The Labute approximate surface area is 128 Å². The van der Waals surface area contributed by atoms with Gasteiger partial charge in [0.15, 0.2) is 0 Å². The van der Waals surface area contributed by atoms with Gasteiger partial charge in [0, 0.05) is 13.1 Å². The molecule has 0 radical (unpaired) electrons. The number of hydrogen-bond acceptors (Lipinski definition) is 1. The van der Waals surface area contributed by atoms with E-state index in [9.17, 15) is 18.0 Å². The van der Waals surface area contributed by atoms with Crippen molar-refractivity contribution in [2.24, 2.45) is 5.92 Å². The topological polar surface area (TPSA) is 20.3 Å². The van der Waals surface area contributed by atoms with E-state index in [2.05, 4.69) is 6.58 Å². The fraction of sp³-hybridized carbons (Fsp3) is 0.471. The summed E-state index contributed by atoms with van der Waals surface area (Å²) in [6.07, 6.45) is 0.690. The van der Waals surface area contributed by atoms with Crippen LogP contribution in [0.1, 0.15) is 30.4 Å². The van der Waals surface area contributed by atoms with E-state index in [4.69, 9.17) is 0 Å². The third-order valence-corrected chi connectivity index (χ3v) is 4.13. The van der Waals surface area contributed by atoms with Gasteiger partial charge < -0.3 is 4.90 Å². The number of halogens is 3. The molecule has 1 amide bonds. The highest BCUT2D eigenvalue weighted by Gasteiger charge is 2.30. The minimum atomic E-state index is -4.28. The SMILES string of the molecule is C=CC(=O)N1CCC[C@@H](CCc2ccc(C(F)(F)F)cc2)C1. The Morgan fingerprint density at radius 3 is 2.59 bits per heavy atom. The number of aryl methyl sites for hydroxylation is 1. The van der Waals surface area contributed by atoms with Crippen LogP contribution < -0.4 is 0 Å². The maximum absolute atomic E-state index is 12.5. The molecule has 0 saturated carbocycles. The van der Waals surface area contributed by atoms with Gasteiger partial charge in [0.25, 0.3) is 0 Å². The Balaban J connectivity index is 1.87. The fourth-order valence-electron chi connectivity index (χ4n) is 2.86. The van der Waals surface area contributed by atoms with Crippen molar-refractivity contribution < 1.29 is 18.0 Å². The smallest absolute Gasteiger partial charge is 0.339 e. The van der Waals surface area contributed by atoms with Gasteiger partial charge in [-0.2, -0.15) is 13.2 Å². The van der Waals surface area contributed by atoms with Gasteiger partial charge >= 0.3 is 6.18 Å². The number of alkyl halides is 3. The van der Waals surface area contributed by atoms with Gasteiger partial charge in [0.05, 0.1) is 5.56 Å². The summed E-state index contributed by atoms with van der Waals surface area (Å²) < 4.78 is 37.5. The average molecular weight is 311 g/mol. The number of benzene rings is 1. The van der Waals surface area contributed by atoms with Crippen LogP contribution in [0.3, 0.4) is 0 Å². The number of likely N-dealkylation sites (tertiary alicyclic amines) is 1. The third-order valence-electron chi connectivity index (χ3n) is 4.13. The highest BCUT2D eigenvalue weighted by molar-refractivity contribution is 5.87. The predicted octanol–water partition coefficient (Wildman–Crippen LogP) is 4.06. The lowest BCUT2D eigenvalue weighted by Crippen LogP contribution is -2.39. The first-order valence-corrected chi connectivity index (χ1v) is 7.47. The second-order valence-corrected chi connectivity index (χ2v) is 5.73. The van der Waals surface area contributed by atoms with Crippen molar-refractivity contribution in [2.45, 2.75) is 31.9 Å². The molecule has 0 spiro atoms. The van der Waals surface area contributed by atoms with Crippen molar-refractivity contribution in [3.05, 3.63) is 48.0 Å². The molecule has 22 heavy (non-hydrogen) atoms. The standard InChI is InChI=1S/C17H20F3NO/c1-2-16(22)21-11-3-4-14(12-21)6-5-13-7-9-15(10-8-13)17(18,19)20/h2,7-10,14H,1,3-6,11-12H2/t14-/m0/s1. The van der Waals surface area contributed by atoms with Gasteiger partial charge in [0.2, 0.25) is 5.91 Å².